The minimum absolute atomic E-state index is 0.0242. The number of nitrogens with zero attached hydrogens (tertiary/aromatic N) is 21. The van der Waals surface area contributed by atoms with Gasteiger partial charge in [0.2, 0.25) is 0 Å². The van der Waals surface area contributed by atoms with Crippen molar-refractivity contribution in [1.82, 2.24) is 136 Å². The van der Waals surface area contributed by atoms with Crippen molar-refractivity contribution < 1.29 is 36.2 Å². The molecule has 37 heteroatoms. The fraction of sp³-hybridized carbons (Fsp3) is 0.0714. The highest BCUT2D eigenvalue weighted by atomic mass is 19.4. The Morgan fingerprint density at radius 2 is 0.913 bits per heavy atom. The number of aromatic amines is 6. The van der Waals surface area contributed by atoms with E-state index in [-0.39, 0.29) is 28.2 Å². The van der Waals surface area contributed by atoms with E-state index in [4.69, 9.17) is 9.15 Å². The molecule has 149 heavy (non-hydrogen) atoms. The quantitative estimate of drug-likeness (QED) is 0.0382. The number of anilines is 4. The Kier molecular flexibility index (Phi) is 25.0. The first-order chi connectivity index (χ1) is 73.0. The van der Waals surface area contributed by atoms with Crippen LogP contribution >= 0.6 is 0 Å². The van der Waals surface area contributed by atoms with Gasteiger partial charge < -0.3 is 24.9 Å². The Hall–Kier alpha value is -20.3. The van der Waals surface area contributed by atoms with Gasteiger partial charge in [0.25, 0.3) is 0 Å². The zero-order chi connectivity index (χ0) is 101. The molecule has 18 heterocycles. The van der Waals surface area contributed by atoms with Crippen molar-refractivity contribution in [3.05, 3.63) is 410 Å². The lowest BCUT2D eigenvalue weighted by Gasteiger charge is -2.12. The maximum Gasteiger partial charge on any atom is 0.417 e. The van der Waals surface area contributed by atoms with Gasteiger partial charge in [0.05, 0.1) is 69.3 Å². The van der Waals surface area contributed by atoms with Crippen LogP contribution in [0.2, 0.25) is 0 Å². The van der Waals surface area contributed by atoms with Crippen molar-refractivity contribution in [2.75, 3.05) is 17.2 Å². The minimum atomic E-state index is -4.48. The summed E-state index contributed by atoms with van der Waals surface area (Å²) in [6, 6.07) is 83.6. The number of furan rings is 1. The van der Waals surface area contributed by atoms with Crippen LogP contribution in [-0.4, -0.2) is 147 Å². The standard InChI is InChI=1S/C21H14FN3O.C20H14FN5.C19H15N7.C18H12F3N3O.C18H16N4O.C16H11N7/c22-17-8-7-15(20-4-2-10-26-20)14-6-5-13(11-16(14)17)12-19-21-18(24-25-19)3-1-9-23-21;21-16-6-7-19(26-10-2-9-23-26)14-5-4-13(11-15(14)16)12-18-20-17(24-25-18)3-1-8-22-20;1-26-16(7-10-22-26)17-14-5-4-13(11-12(14)6-9-21-17)23-19-18-15(24-25-19)3-2-8-20-18;19-18(20,21)13-5-6-16(25)12-8-10(3-4-11(12)13)9-15-17-14(23-24-15)2-1-7-22-17;1-2-23-16-7-3-5-12-11-13(8-9-14(12)16)20-18-17-15(21-22-18)6-4-10-19-17;1-2-13-15(17-6-1)14(19-18-13)9-10-3-4-12-11(8-10)5-7-23-16(12)20-21-22-23/h2*1-11H,12H2,(H,24,25);2-11H,1H3,(H2,23,24,25);1-8,25H,9H2,(H,23,24);3-11H,2H2,1H3,(H2,20,21,22);1-8H,9H2,(H,18,19). The molecule has 28 rings (SSSR count). The molecule has 0 radical (unpaired) electrons. The summed E-state index contributed by atoms with van der Waals surface area (Å²) in [5.74, 6) is 2.39. The van der Waals surface area contributed by atoms with Gasteiger partial charge in [0, 0.05) is 156 Å². The summed E-state index contributed by atoms with van der Waals surface area (Å²) in [5, 5.41) is 90.0. The highest BCUT2D eigenvalue weighted by Gasteiger charge is 2.33. The molecule has 728 valence electrons. The number of pyridine rings is 8. The number of aromatic nitrogens is 27. The first kappa shape index (κ1) is 92.4. The van der Waals surface area contributed by atoms with Crippen LogP contribution in [-0.2, 0) is 38.9 Å². The van der Waals surface area contributed by atoms with Gasteiger partial charge in [0.1, 0.15) is 84.1 Å². The largest absolute Gasteiger partial charge is 0.507 e. The minimum Gasteiger partial charge on any atom is -0.507 e. The summed E-state index contributed by atoms with van der Waals surface area (Å²) in [6.07, 6.45) is 19.0. The molecule has 10 aromatic carbocycles. The molecule has 0 spiro atoms. The topological polar surface area (TPSA) is 408 Å². The number of phenolic OH excluding ortho intramolecular Hbond substituents is 1. The molecule has 0 aliphatic heterocycles. The summed E-state index contributed by atoms with van der Waals surface area (Å²) < 4.78 is 84.7. The molecule has 28 aromatic rings. The predicted molar refractivity (Wildman–Crippen MR) is 562 cm³/mol. The molecule has 0 unspecified atom stereocenters. The number of benzene rings is 10. The Balaban J connectivity index is 0.0000000982. The van der Waals surface area contributed by atoms with E-state index in [1.165, 1.54) is 23.8 Å². The van der Waals surface area contributed by atoms with Gasteiger partial charge in [-0.1, -0.05) is 72.8 Å². The zero-order valence-electron chi connectivity index (χ0n) is 79.0. The van der Waals surface area contributed by atoms with E-state index < -0.39 is 11.7 Å². The molecule has 9 N–H and O–H groups in total. The molecule has 32 nitrogen and oxygen atoms in total. The highest BCUT2D eigenvalue weighted by Crippen LogP contribution is 2.41. The van der Waals surface area contributed by atoms with Crippen LogP contribution in [0, 0.1) is 11.6 Å². The third kappa shape index (κ3) is 19.1. The maximum atomic E-state index is 14.5. The lowest BCUT2D eigenvalue weighted by molar-refractivity contribution is -0.136. The zero-order valence-corrected chi connectivity index (χ0v) is 79.0. The van der Waals surface area contributed by atoms with Crippen molar-refractivity contribution in [3.8, 4) is 39.9 Å². The average molecular weight is 1980 g/mol. The second-order valence-corrected chi connectivity index (χ2v) is 34.8. The molecule has 0 aliphatic carbocycles. The second-order valence-electron chi connectivity index (χ2n) is 34.8. The van der Waals surface area contributed by atoms with Crippen LogP contribution in [0.1, 0.15) is 57.5 Å². The summed E-state index contributed by atoms with van der Waals surface area (Å²) in [4.78, 5) is 30.7. The monoisotopic (exact) mass is 1980 g/mol. The van der Waals surface area contributed by atoms with Crippen molar-refractivity contribution >= 4 is 159 Å². The van der Waals surface area contributed by atoms with Gasteiger partial charge >= 0.3 is 6.18 Å². The van der Waals surface area contributed by atoms with Crippen LogP contribution in [0.5, 0.6) is 11.5 Å². The molecule has 0 atom stereocenters. The van der Waals surface area contributed by atoms with E-state index in [0.29, 0.717) is 42.5 Å². The number of hydrogen-bond acceptors (Lipinski definition) is 23. The smallest absolute Gasteiger partial charge is 0.417 e. The molecular formula is C112H82F5N29O3. The van der Waals surface area contributed by atoms with E-state index in [9.17, 15) is 27.1 Å². The third-order valence-electron chi connectivity index (χ3n) is 25.4. The molecule has 0 bridgehead atoms. The van der Waals surface area contributed by atoms with Crippen LogP contribution in [0.15, 0.2) is 352 Å². The van der Waals surface area contributed by atoms with Gasteiger partial charge in [0.15, 0.2) is 17.3 Å². The average Bonchev–Trinajstić information content (AvgIpc) is 1.21. The lowest BCUT2D eigenvalue weighted by Crippen LogP contribution is -2.05. The maximum absolute atomic E-state index is 14.5. The van der Waals surface area contributed by atoms with Crippen molar-refractivity contribution in [3.63, 3.8) is 0 Å². The molecule has 18 aromatic heterocycles. The number of H-pyrrole nitrogens is 6. The van der Waals surface area contributed by atoms with E-state index in [1.54, 1.807) is 95.4 Å². The van der Waals surface area contributed by atoms with Gasteiger partial charge in [-0.25, -0.2) is 18.0 Å². The Labute approximate surface area is 839 Å². The third-order valence-corrected chi connectivity index (χ3v) is 25.4. The molecule has 0 amide bonds. The lowest BCUT2D eigenvalue weighted by atomic mass is 9.98. The predicted octanol–water partition coefficient (Wildman–Crippen LogP) is 23.6. The Morgan fingerprint density at radius 1 is 0.396 bits per heavy atom. The number of hydrogen-bond donors (Lipinski definition) is 9. The summed E-state index contributed by atoms with van der Waals surface area (Å²) in [7, 11) is 1.92. The normalized spacial score (nSPS) is 11.5. The number of halogens is 5. The molecule has 0 aliphatic rings. The van der Waals surface area contributed by atoms with Crippen LogP contribution in [0.3, 0.4) is 0 Å². The number of alkyl halides is 3. The fourth-order valence-electron chi connectivity index (χ4n) is 18.3. The van der Waals surface area contributed by atoms with Crippen LogP contribution < -0.4 is 15.4 Å². The van der Waals surface area contributed by atoms with Crippen LogP contribution in [0.25, 0.3) is 165 Å². The second kappa shape index (κ2) is 40.3. The number of fused-ring (bicyclic) bond motifs is 14. The summed E-state index contributed by atoms with van der Waals surface area (Å²) in [5.41, 5.74) is 23.1. The Bertz CT molecular complexity index is 9580. The van der Waals surface area contributed by atoms with E-state index in [1.807, 2.05) is 201 Å². The van der Waals surface area contributed by atoms with Gasteiger partial charge in [-0.05, 0) is 267 Å². The number of rotatable bonds is 17. The van der Waals surface area contributed by atoms with Crippen molar-refractivity contribution in [2.45, 2.75) is 38.8 Å². The van der Waals surface area contributed by atoms with Gasteiger partial charge in [-0.2, -0.15) is 54.0 Å². The Morgan fingerprint density at radius 3 is 1.46 bits per heavy atom. The first-order valence-corrected chi connectivity index (χ1v) is 47.2. The summed E-state index contributed by atoms with van der Waals surface area (Å²) >= 11 is 0. The first-order valence-electron chi connectivity index (χ1n) is 47.2. The fourth-order valence-corrected chi connectivity index (χ4v) is 18.3. The number of nitrogens with one attached hydrogen (secondary N) is 8. The van der Waals surface area contributed by atoms with E-state index in [0.717, 1.165) is 224 Å². The molecular weight excluding hydrogens is 1890 g/mol. The molecule has 0 saturated carbocycles. The van der Waals surface area contributed by atoms with Gasteiger partial charge in [-0.15, -0.1) is 5.10 Å². The van der Waals surface area contributed by atoms with Crippen LogP contribution in [0.4, 0.5) is 45.0 Å². The highest BCUT2D eigenvalue weighted by molar-refractivity contribution is 6.01. The number of ether oxygens (including phenoxy) is 1. The molecule has 0 fully saturated rings. The van der Waals surface area contributed by atoms with Gasteiger partial charge in [-0.3, -0.25) is 70.2 Å². The number of phenols is 1. The van der Waals surface area contributed by atoms with Crippen molar-refractivity contribution in [2.24, 2.45) is 7.05 Å². The molecule has 0 saturated heterocycles. The SMILES string of the molecule is CCOc1cccc2cc(Nc3n[nH]c4cccnc34)ccc12.Cn1nccc1-c1nccc2cc(Nc3n[nH]c4cccnc34)ccc12.Fc1ccc(-c2ccco2)c2ccc(Cc3[nH]nc4cccnc34)cc12.Fc1ccc(-n2cccn2)c2ccc(Cc3[nH]nc4cccnc34)cc12.Oc1ccc(C(F)(F)F)c2ccc(Cc3[nH]nc4cccnc34)cc12.c1cnc2c(Cc3ccc4c(ccn5nnnc45)c3)[nH]nc2c1. The van der Waals surface area contributed by atoms with E-state index >= 15 is 0 Å². The number of aromatic hydroxyl groups is 1. The summed E-state index contributed by atoms with van der Waals surface area (Å²) in [6.45, 7) is 2.65. The van der Waals surface area contributed by atoms with E-state index in [2.05, 4.69) is 181 Å². The van der Waals surface area contributed by atoms with Crippen molar-refractivity contribution in [1.29, 1.82) is 0 Å². The number of aryl methyl sites for hydroxylation is 1. The number of tetrazole rings is 1.